The van der Waals surface area contributed by atoms with E-state index in [-0.39, 0.29) is 10.9 Å². The zero-order chi connectivity index (χ0) is 12.4. The van der Waals surface area contributed by atoms with E-state index in [1.54, 1.807) is 6.92 Å². The van der Waals surface area contributed by atoms with Crippen molar-refractivity contribution in [2.24, 2.45) is 0 Å². The maximum atomic E-state index is 13.4. The summed E-state index contributed by atoms with van der Waals surface area (Å²) in [6.45, 7) is 1.75. The van der Waals surface area contributed by atoms with Crippen LogP contribution >= 0.6 is 11.6 Å². The van der Waals surface area contributed by atoms with Crippen molar-refractivity contribution in [1.29, 1.82) is 0 Å². The van der Waals surface area contributed by atoms with E-state index >= 15 is 0 Å². The second kappa shape index (κ2) is 4.67. The molecule has 2 rings (SSSR count). The van der Waals surface area contributed by atoms with Crippen molar-refractivity contribution in [3.63, 3.8) is 0 Å². The molecule has 0 N–H and O–H groups in total. The Labute approximate surface area is 102 Å². The minimum atomic E-state index is -0.766. The summed E-state index contributed by atoms with van der Waals surface area (Å²) in [4.78, 5) is 3.85. The molecule has 0 unspecified atom stereocenters. The van der Waals surface area contributed by atoms with Gasteiger partial charge in [-0.15, -0.1) is 0 Å². The molecule has 0 saturated heterocycles. The van der Waals surface area contributed by atoms with Crippen molar-refractivity contribution in [2.45, 2.75) is 6.92 Å². The number of hydrogen-bond acceptors (Lipinski definition) is 2. The fourth-order valence-electron chi connectivity index (χ4n) is 1.27. The molecular formula is C12H8ClF2NO. The van der Waals surface area contributed by atoms with Crippen LogP contribution in [-0.4, -0.2) is 4.98 Å². The third kappa shape index (κ3) is 2.71. The van der Waals surface area contributed by atoms with Gasteiger partial charge in [0, 0.05) is 23.9 Å². The highest BCUT2D eigenvalue weighted by Gasteiger charge is 2.08. The van der Waals surface area contributed by atoms with Crippen LogP contribution in [0.25, 0.3) is 0 Å². The van der Waals surface area contributed by atoms with Gasteiger partial charge in [0.15, 0.2) is 11.6 Å². The Morgan fingerprint density at radius 3 is 2.65 bits per heavy atom. The van der Waals surface area contributed by atoms with Crippen molar-refractivity contribution in [1.82, 2.24) is 4.98 Å². The van der Waals surface area contributed by atoms with Gasteiger partial charge < -0.3 is 4.74 Å². The Morgan fingerprint density at radius 2 is 1.94 bits per heavy atom. The van der Waals surface area contributed by atoms with E-state index in [0.29, 0.717) is 11.3 Å². The van der Waals surface area contributed by atoms with Crippen LogP contribution in [0.2, 0.25) is 5.15 Å². The summed E-state index contributed by atoms with van der Waals surface area (Å²) < 4.78 is 31.4. The number of nitrogens with zero attached hydrogens (tertiary/aromatic N) is 1. The van der Waals surface area contributed by atoms with Crippen LogP contribution in [0.3, 0.4) is 0 Å². The Balaban J connectivity index is 2.34. The molecule has 2 aromatic rings. The van der Waals surface area contributed by atoms with Crippen LogP contribution in [0, 0.1) is 18.6 Å². The molecule has 5 heteroatoms. The van der Waals surface area contributed by atoms with Crippen molar-refractivity contribution in [3.8, 4) is 11.5 Å². The number of pyridine rings is 1. The van der Waals surface area contributed by atoms with Gasteiger partial charge >= 0.3 is 0 Å². The topological polar surface area (TPSA) is 22.1 Å². The van der Waals surface area contributed by atoms with Gasteiger partial charge in [-0.1, -0.05) is 11.6 Å². The van der Waals surface area contributed by atoms with E-state index in [4.69, 9.17) is 16.3 Å². The first-order valence-electron chi connectivity index (χ1n) is 4.81. The summed E-state index contributed by atoms with van der Waals surface area (Å²) in [5.41, 5.74) is 0.707. The van der Waals surface area contributed by atoms with Gasteiger partial charge in [-0.2, -0.15) is 0 Å². The van der Waals surface area contributed by atoms with E-state index in [0.717, 1.165) is 12.1 Å². The van der Waals surface area contributed by atoms with Crippen molar-refractivity contribution in [3.05, 3.63) is 52.8 Å². The quantitative estimate of drug-likeness (QED) is 0.754. The largest absolute Gasteiger partial charge is 0.454 e. The van der Waals surface area contributed by atoms with Gasteiger partial charge in [0.05, 0.1) is 0 Å². The molecule has 1 heterocycles. The lowest BCUT2D eigenvalue weighted by molar-refractivity contribution is 0.434. The standard InChI is InChI=1S/C12H8ClF2NO/c1-7-6-16-12(13)5-11(7)17-10-3-2-8(14)4-9(10)15/h2-6H,1H3. The molecule has 0 saturated carbocycles. The molecule has 0 aliphatic rings. The predicted octanol–water partition coefficient (Wildman–Crippen LogP) is 4.11. The first kappa shape index (κ1) is 11.8. The lowest BCUT2D eigenvalue weighted by Gasteiger charge is -2.09. The number of benzene rings is 1. The van der Waals surface area contributed by atoms with Gasteiger partial charge in [0.25, 0.3) is 0 Å². The molecule has 17 heavy (non-hydrogen) atoms. The summed E-state index contributed by atoms with van der Waals surface area (Å²) >= 11 is 5.70. The first-order chi connectivity index (χ1) is 8.06. The van der Waals surface area contributed by atoms with E-state index in [1.807, 2.05) is 0 Å². The first-order valence-corrected chi connectivity index (χ1v) is 5.19. The Bertz CT molecular complexity index is 560. The number of halogens is 3. The van der Waals surface area contributed by atoms with Crippen LogP contribution < -0.4 is 4.74 Å². The third-order valence-corrected chi connectivity index (χ3v) is 2.34. The molecule has 88 valence electrons. The summed E-state index contributed by atoms with van der Waals surface area (Å²) in [5, 5.41) is 0.244. The highest BCUT2D eigenvalue weighted by atomic mass is 35.5. The number of hydrogen-bond donors (Lipinski definition) is 0. The summed E-state index contributed by atoms with van der Waals surface area (Å²) in [6.07, 6.45) is 1.51. The highest BCUT2D eigenvalue weighted by Crippen LogP contribution is 2.28. The Hall–Kier alpha value is -1.68. The summed E-state index contributed by atoms with van der Waals surface area (Å²) in [6, 6.07) is 4.57. The van der Waals surface area contributed by atoms with Gasteiger partial charge in [-0.25, -0.2) is 13.8 Å². The van der Waals surface area contributed by atoms with Crippen molar-refractivity contribution >= 4 is 11.6 Å². The molecule has 1 aromatic carbocycles. The fourth-order valence-corrected chi connectivity index (χ4v) is 1.42. The Morgan fingerprint density at radius 1 is 1.18 bits per heavy atom. The number of rotatable bonds is 2. The molecule has 0 radical (unpaired) electrons. The van der Waals surface area contributed by atoms with Crippen LogP contribution in [0.15, 0.2) is 30.5 Å². The Kier molecular flexibility index (Phi) is 3.24. The van der Waals surface area contributed by atoms with Gasteiger partial charge in [0.1, 0.15) is 16.7 Å². The molecule has 0 aliphatic carbocycles. The third-order valence-electron chi connectivity index (χ3n) is 2.13. The molecule has 0 amide bonds. The zero-order valence-electron chi connectivity index (χ0n) is 8.88. The molecule has 0 fully saturated rings. The second-order valence-corrected chi connectivity index (χ2v) is 3.84. The molecule has 0 atom stereocenters. The normalized spacial score (nSPS) is 10.4. The smallest absolute Gasteiger partial charge is 0.168 e. The van der Waals surface area contributed by atoms with E-state index in [2.05, 4.69) is 4.98 Å². The van der Waals surface area contributed by atoms with E-state index < -0.39 is 11.6 Å². The maximum Gasteiger partial charge on any atom is 0.168 e. The van der Waals surface area contributed by atoms with E-state index in [1.165, 1.54) is 18.3 Å². The zero-order valence-corrected chi connectivity index (χ0v) is 9.63. The SMILES string of the molecule is Cc1cnc(Cl)cc1Oc1ccc(F)cc1F. The van der Waals surface area contributed by atoms with Gasteiger partial charge in [0.2, 0.25) is 0 Å². The highest BCUT2D eigenvalue weighted by molar-refractivity contribution is 6.29. The monoisotopic (exact) mass is 255 g/mol. The van der Waals surface area contributed by atoms with Crippen LogP contribution in [-0.2, 0) is 0 Å². The minimum Gasteiger partial charge on any atom is -0.454 e. The predicted molar refractivity (Wildman–Crippen MR) is 60.4 cm³/mol. The number of aromatic nitrogens is 1. The van der Waals surface area contributed by atoms with Gasteiger partial charge in [-0.05, 0) is 19.1 Å². The summed E-state index contributed by atoms with van der Waals surface area (Å²) in [7, 11) is 0. The average Bonchev–Trinajstić information content (AvgIpc) is 2.27. The van der Waals surface area contributed by atoms with Crippen molar-refractivity contribution < 1.29 is 13.5 Å². The van der Waals surface area contributed by atoms with Crippen LogP contribution in [0.1, 0.15) is 5.56 Å². The lowest BCUT2D eigenvalue weighted by Crippen LogP contribution is -1.92. The second-order valence-electron chi connectivity index (χ2n) is 3.45. The maximum absolute atomic E-state index is 13.4. The molecule has 0 spiro atoms. The number of aryl methyl sites for hydroxylation is 1. The van der Waals surface area contributed by atoms with E-state index in [9.17, 15) is 8.78 Å². The lowest BCUT2D eigenvalue weighted by atomic mass is 10.3. The van der Waals surface area contributed by atoms with Crippen molar-refractivity contribution in [2.75, 3.05) is 0 Å². The molecule has 0 aliphatic heterocycles. The molecule has 2 nitrogen and oxygen atoms in total. The molecular weight excluding hydrogens is 248 g/mol. The van der Waals surface area contributed by atoms with Gasteiger partial charge in [-0.3, -0.25) is 0 Å². The fraction of sp³-hybridized carbons (Fsp3) is 0.0833. The average molecular weight is 256 g/mol. The number of ether oxygens (including phenoxy) is 1. The summed E-state index contributed by atoms with van der Waals surface area (Å²) in [5.74, 6) is -1.09. The van der Waals surface area contributed by atoms with Crippen LogP contribution in [0.5, 0.6) is 11.5 Å². The minimum absolute atomic E-state index is 0.0585. The van der Waals surface area contributed by atoms with Crippen LogP contribution in [0.4, 0.5) is 8.78 Å². The molecule has 0 bridgehead atoms. The molecule has 1 aromatic heterocycles.